The van der Waals surface area contributed by atoms with Crippen molar-refractivity contribution in [2.45, 2.75) is 30.4 Å². The molecule has 3 heterocycles. The quantitative estimate of drug-likeness (QED) is 0.235. The van der Waals surface area contributed by atoms with Gasteiger partial charge >= 0.3 is 11.6 Å². The van der Waals surface area contributed by atoms with E-state index in [2.05, 4.69) is 0 Å². The molecule has 0 unspecified atom stereocenters. The molecule has 0 spiro atoms. The molecular formula is C27H20FNO5S. The van der Waals surface area contributed by atoms with Crippen LogP contribution in [0, 0.1) is 5.82 Å². The van der Waals surface area contributed by atoms with Gasteiger partial charge in [-0.1, -0.05) is 42.5 Å². The summed E-state index contributed by atoms with van der Waals surface area (Å²) in [5.74, 6) is -0.633. The number of carbonyl (C=O) groups is 2. The molecule has 0 N–H and O–H groups in total. The first-order chi connectivity index (χ1) is 17.0. The maximum absolute atomic E-state index is 13.5. The fourth-order valence-electron chi connectivity index (χ4n) is 5.21. The smallest absolute Gasteiger partial charge is 0.336 e. The van der Waals surface area contributed by atoms with Gasteiger partial charge in [-0.05, 0) is 41.0 Å². The minimum absolute atomic E-state index is 0.123. The van der Waals surface area contributed by atoms with Crippen molar-refractivity contribution < 1.29 is 23.1 Å². The SMILES string of the molecule is O=C(OCc1cc(=O)oc2ccc3ccccc3c12)[C@H]1CS[C@@]2(c3ccc(F)cc3)CCC(=O)N12. The van der Waals surface area contributed by atoms with Crippen LogP contribution in [0.2, 0.25) is 0 Å². The third-order valence-corrected chi connectivity index (χ3v) is 8.38. The van der Waals surface area contributed by atoms with Crippen LogP contribution in [0.4, 0.5) is 4.39 Å². The van der Waals surface area contributed by atoms with Gasteiger partial charge in [0, 0.05) is 29.2 Å². The monoisotopic (exact) mass is 489 g/mol. The van der Waals surface area contributed by atoms with E-state index in [1.54, 1.807) is 23.1 Å². The minimum Gasteiger partial charge on any atom is -0.459 e. The van der Waals surface area contributed by atoms with Crippen LogP contribution in [0.5, 0.6) is 0 Å². The summed E-state index contributed by atoms with van der Waals surface area (Å²) in [6.07, 6.45) is 0.854. The highest BCUT2D eigenvalue weighted by Gasteiger charge is 2.57. The number of esters is 1. The molecule has 2 fully saturated rings. The van der Waals surface area contributed by atoms with Crippen LogP contribution in [0.15, 0.2) is 75.9 Å². The molecule has 3 aromatic carbocycles. The van der Waals surface area contributed by atoms with E-state index in [9.17, 15) is 18.8 Å². The van der Waals surface area contributed by atoms with Crippen molar-refractivity contribution in [2.24, 2.45) is 0 Å². The summed E-state index contributed by atoms with van der Waals surface area (Å²) in [5, 5.41) is 2.58. The van der Waals surface area contributed by atoms with Crippen molar-refractivity contribution >= 4 is 45.4 Å². The topological polar surface area (TPSA) is 76.8 Å². The van der Waals surface area contributed by atoms with E-state index < -0.39 is 22.5 Å². The molecule has 2 aliphatic rings. The number of nitrogens with zero attached hydrogens (tertiary/aromatic N) is 1. The number of halogens is 1. The molecule has 1 aromatic heterocycles. The maximum atomic E-state index is 13.5. The van der Waals surface area contributed by atoms with Crippen molar-refractivity contribution in [3.63, 3.8) is 0 Å². The predicted molar refractivity (Wildman–Crippen MR) is 130 cm³/mol. The summed E-state index contributed by atoms with van der Waals surface area (Å²) in [6, 6.07) is 18.0. The van der Waals surface area contributed by atoms with Gasteiger partial charge in [-0.25, -0.2) is 14.0 Å². The van der Waals surface area contributed by atoms with E-state index in [4.69, 9.17) is 9.15 Å². The zero-order valence-electron chi connectivity index (χ0n) is 18.5. The Labute approximate surface area is 203 Å². The van der Waals surface area contributed by atoms with Crippen molar-refractivity contribution in [1.82, 2.24) is 4.90 Å². The van der Waals surface area contributed by atoms with Crippen LogP contribution in [0.3, 0.4) is 0 Å². The number of thioether (sulfide) groups is 1. The van der Waals surface area contributed by atoms with E-state index >= 15 is 0 Å². The van der Waals surface area contributed by atoms with Gasteiger partial charge in [0.25, 0.3) is 0 Å². The Morgan fingerprint density at radius 1 is 1.11 bits per heavy atom. The molecule has 8 heteroatoms. The molecule has 176 valence electrons. The lowest BCUT2D eigenvalue weighted by Gasteiger charge is -2.33. The molecule has 6 nitrogen and oxygen atoms in total. The molecule has 1 amide bonds. The normalized spacial score (nSPS) is 21.6. The highest BCUT2D eigenvalue weighted by Crippen LogP contribution is 2.54. The fourth-order valence-corrected chi connectivity index (χ4v) is 6.84. The number of hydrogen-bond acceptors (Lipinski definition) is 6. The Balaban J connectivity index is 1.30. The number of fused-ring (bicyclic) bond motifs is 4. The summed E-state index contributed by atoms with van der Waals surface area (Å²) in [6.45, 7) is -0.123. The van der Waals surface area contributed by atoms with E-state index in [0.29, 0.717) is 35.1 Å². The molecule has 0 aliphatic carbocycles. The number of rotatable bonds is 4. The van der Waals surface area contributed by atoms with E-state index in [0.717, 1.165) is 16.3 Å². The van der Waals surface area contributed by atoms with Crippen molar-refractivity contribution in [3.05, 3.63) is 94.1 Å². The molecule has 4 aromatic rings. The number of amides is 1. The third-order valence-electron chi connectivity index (χ3n) is 6.78. The van der Waals surface area contributed by atoms with Gasteiger partial charge in [-0.15, -0.1) is 11.8 Å². The van der Waals surface area contributed by atoms with Crippen LogP contribution in [0.25, 0.3) is 21.7 Å². The molecule has 2 saturated heterocycles. The summed E-state index contributed by atoms with van der Waals surface area (Å²) >= 11 is 1.50. The average Bonchev–Trinajstić information content (AvgIpc) is 3.41. The molecule has 2 atom stereocenters. The van der Waals surface area contributed by atoms with Gasteiger partial charge in [0.2, 0.25) is 5.91 Å². The minimum atomic E-state index is -0.761. The Bertz CT molecular complexity index is 1550. The Morgan fingerprint density at radius 3 is 2.74 bits per heavy atom. The second-order valence-electron chi connectivity index (χ2n) is 8.74. The first kappa shape index (κ1) is 21.9. The van der Waals surface area contributed by atoms with Crippen LogP contribution in [-0.4, -0.2) is 28.6 Å². The number of ether oxygens (including phenoxy) is 1. The molecular weight excluding hydrogens is 469 g/mol. The standard InChI is InChI=1S/C27H20FNO5S/c28-19-8-6-18(7-9-19)27-12-11-23(30)29(27)21(15-35-27)26(32)33-14-17-13-24(31)34-22-10-5-16-3-1-2-4-20(16)25(17)22/h1-10,13,21H,11-12,14-15H2/t21-,27-/m1/s1. The van der Waals surface area contributed by atoms with Gasteiger partial charge < -0.3 is 14.1 Å². The number of carbonyl (C=O) groups excluding carboxylic acids is 2. The second-order valence-corrected chi connectivity index (χ2v) is 10.0. The lowest BCUT2D eigenvalue weighted by atomic mass is 10.0. The lowest BCUT2D eigenvalue weighted by molar-refractivity contribution is -0.155. The largest absolute Gasteiger partial charge is 0.459 e. The van der Waals surface area contributed by atoms with Gasteiger partial charge in [-0.2, -0.15) is 0 Å². The average molecular weight is 490 g/mol. The van der Waals surface area contributed by atoms with Gasteiger partial charge in [0.05, 0.1) is 0 Å². The summed E-state index contributed by atoms with van der Waals surface area (Å²) < 4.78 is 24.6. The highest BCUT2D eigenvalue weighted by atomic mass is 32.2. The van der Waals surface area contributed by atoms with Gasteiger partial charge in [0.15, 0.2) is 0 Å². The molecule has 2 aliphatic heterocycles. The molecule has 0 radical (unpaired) electrons. The van der Waals surface area contributed by atoms with Crippen LogP contribution in [0.1, 0.15) is 24.0 Å². The first-order valence-electron chi connectivity index (χ1n) is 11.3. The summed E-state index contributed by atoms with van der Waals surface area (Å²) in [4.78, 5) is 39.1. The van der Waals surface area contributed by atoms with Crippen LogP contribution in [-0.2, 0) is 25.8 Å². The van der Waals surface area contributed by atoms with Crippen LogP contribution >= 0.6 is 11.8 Å². The van der Waals surface area contributed by atoms with Gasteiger partial charge in [0.1, 0.15) is 28.9 Å². The highest BCUT2D eigenvalue weighted by molar-refractivity contribution is 8.00. The van der Waals surface area contributed by atoms with Crippen molar-refractivity contribution in [2.75, 3.05) is 5.75 Å². The summed E-state index contributed by atoms with van der Waals surface area (Å²) in [7, 11) is 0. The van der Waals surface area contributed by atoms with Gasteiger partial charge in [-0.3, -0.25) is 4.79 Å². The molecule has 0 saturated carbocycles. The Kier molecular flexibility index (Phi) is 5.14. The molecule has 35 heavy (non-hydrogen) atoms. The maximum Gasteiger partial charge on any atom is 0.336 e. The molecule has 6 rings (SSSR count). The first-order valence-corrected chi connectivity index (χ1v) is 12.3. The van der Waals surface area contributed by atoms with Crippen molar-refractivity contribution in [3.8, 4) is 0 Å². The Hall–Kier alpha value is -3.65. The van der Waals surface area contributed by atoms with Crippen molar-refractivity contribution in [1.29, 1.82) is 0 Å². The second kappa shape index (κ2) is 8.23. The Morgan fingerprint density at radius 2 is 1.91 bits per heavy atom. The summed E-state index contributed by atoms with van der Waals surface area (Å²) in [5.41, 5.74) is 1.23. The zero-order valence-corrected chi connectivity index (χ0v) is 19.3. The number of benzene rings is 3. The van der Waals surface area contributed by atoms with E-state index in [1.807, 2.05) is 30.3 Å². The van der Waals surface area contributed by atoms with E-state index in [-0.39, 0.29) is 18.3 Å². The molecule has 0 bridgehead atoms. The van der Waals surface area contributed by atoms with E-state index in [1.165, 1.54) is 30.0 Å². The van der Waals surface area contributed by atoms with Crippen LogP contribution < -0.4 is 5.63 Å². The third kappa shape index (κ3) is 3.51. The zero-order chi connectivity index (χ0) is 24.2. The lowest BCUT2D eigenvalue weighted by Crippen LogP contribution is -2.46. The predicted octanol–water partition coefficient (Wildman–Crippen LogP) is 4.72. The number of hydrogen-bond donors (Lipinski definition) is 0. The fraction of sp³-hybridized carbons (Fsp3) is 0.222.